The Morgan fingerprint density at radius 2 is 1.88 bits per heavy atom. The Balaban J connectivity index is 1.43. The molecule has 0 bridgehead atoms. The largest absolute Gasteiger partial charge is 0.497 e. The number of methoxy groups -OCH3 is 1. The molecule has 1 spiro atoms. The molecule has 1 atom stereocenters. The van der Waals surface area contributed by atoms with Crippen molar-refractivity contribution in [3.8, 4) is 5.75 Å². The van der Waals surface area contributed by atoms with Crippen molar-refractivity contribution < 1.29 is 19.4 Å². The van der Waals surface area contributed by atoms with Crippen molar-refractivity contribution in [2.24, 2.45) is 0 Å². The highest BCUT2D eigenvalue weighted by Gasteiger charge is 2.54. The molecule has 0 radical (unpaired) electrons. The summed E-state index contributed by atoms with van der Waals surface area (Å²) in [7, 11) is 1.65. The lowest BCUT2D eigenvalue weighted by atomic mass is 9.82. The number of hydrogen-bond donors (Lipinski definition) is 1. The van der Waals surface area contributed by atoms with E-state index in [1.54, 1.807) is 7.11 Å². The molecule has 1 unspecified atom stereocenters. The molecule has 3 aliphatic rings. The van der Waals surface area contributed by atoms with Crippen LogP contribution in [0.15, 0.2) is 24.3 Å². The number of carbonyl (C=O) groups is 1. The van der Waals surface area contributed by atoms with E-state index in [9.17, 15) is 9.90 Å². The molecule has 1 amide bonds. The summed E-state index contributed by atoms with van der Waals surface area (Å²) in [4.78, 5) is 15.2. The molecule has 0 aromatic heterocycles. The number of likely N-dealkylation sites (tertiary alicyclic amines) is 1. The van der Waals surface area contributed by atoms with Gasteiger partial charge in [0, 0.05) is 26.1 Å². The van der Waals surface area contributed by atoms with Crippen molar-refractivity contribution in [1.82, 2.24) is 4.90 Å². The van der Waals surface area contributed by atoms with Crippen molar-refractivity contribution >= 4 is 5.91 Å². The number of nitrogens with zero attached hydrogens (tertiary/aromatic N) is 1. The van der Waals surface area contributed by atoms with Crippen LogP contribution in [0.3, 0.4) is 0 Å². The van der Waals surface area contributed by atoms with Gasteiger partial charge in [-0.15, -0.1) is 0 Å². The normalized spacial score (nSPS) is 27.1. The first-order chi connectivity index (χ1) is 12.1. The van der Waals surface area contributed by atoms with Crippen molar-refractivity contribution in [3.05, 3.63) is 29.8 Å². The molecule has 2 saturated heterocycles. The molecular formula is C20H27NO4. The van der Waals surface area contributed by atoms with Crippen LogP contribution in [0.1, 0.15) is 44.1 Å². The topological polar surface area (TPSA) is 59.0 Å². The summed E-state index contributed by atoms with van der Waals surface area (Å²) >= 11 is 0. The van der Waals surface area contributed by atoms with Gasteiger partial charge in [0.2, 0.25) is 5.91 Å². The second-order valence-corrected chi connectivity index (χ2v) is 7.78. The first-order valence-electron chi connectivity index (χ1n) is 9.33. The molecule has 3 fully saturated rings. The monoisotopic (exact) mass is 345 g/mol. The Bertz CT molecular complexity index is 630. The smallest absolute Gasteiger partial charge is 0.233 e. The van der Waals surface area contributed by atoms with Crippen molar-refractivity contribution in [3.63, 3.8) is 0 Å². The van der Waals surface area contributed by atoms with Crippen LogP contribution in [0.4, 0.5) is 0 Å². The van der Waals surface area contributed by atoms with Crippen LogP contribution in [-0.2, 0) is 14.9 Å². The number of rotatable bonds is 3. The molecule has 4 rings (SSSR count). The summed E-state index contributed by atoms with van der Waals surface area (Å²) < 4.78 is 11.2. The van der Waals surface area contributed by atoms with Crippen molar-refractivity contribution in [2.45, 2.75) is 55.6 Å². The average molecular weight is 345 g/mol. The maximum atomic E-state index is 13.2. The molecule has 2 aliphatic heterocycles. The zero-order valence-corrected chi connectivity index (χ0v) is 14.9. The summed E-state index contributed by atoms with van der Waals surface area (Å²) in [5, 5.41) is 9.96. The fourth-order valence-corrected chi connectivity index (χ4v) is 4.43. The number of amides is 1. The van der Waals surface area contributed by atoms with E-state index in [1.165, 1.54) is 0 Å². The van der Waals surface area contributed by atoms with Crippen molar-refractivity contribution in [1.29, 1.82) is 0 Å². The van der Waals surface area contributed by atoms with Gasteiger partial charge >= 0.3 is 0 Å². The molecule has 2 heterocycles. The van der Waals surface area contributed by atoms with Crippen LogP contribution in [0.5, 0.6) is 5.75 Å². The van der Waals surface area contributed by atoms with Gasteiger partial charge in [-0.2, -0.15) is 0 Å². The summed E-state index contributed by atoms with van der Waals surface area (Å²) in [6.07, 6.45) is 4.68. The van der Waals surface area contributed by atoms with Crippen LogP contribution in [-0.4, -0.2) is 54.4 Å². The van der Waals surface area contributed by atoms with E-state index in [0.717, 1.165) is 56.5 Å². The molecule has 1 aromatic carbocycles. The SMILES string of the molecule is COc1ccc(C2(C(=O)N3CCC4(CC3)CC(O)CCO4)CC2)cc1. The Morgan fingerprint density at radius 1 is 1.20 bits per heavy atom. The van der Waals surface area contributed by atoms with Crippen LogP contribution < -0.4 is 4.74 Å². The summed E-state index contributed by atoms with van der Waals surface area (Å²) in [6.45, 7) is 2.08. The number of ether oxygens (including phenoxy) is 2. The highest BCUT2D eigenvalue weighted by Crippen LogP contribution is 2.50. The second kappa shape index (κ2) is 6.29. The minimum Gasteiger partial charge on any atom is -0.497 e. The highest BCUT2D eigenvalue weighted by atomic mass is 16.5. The highest BCUT2D eigenvalue weighted by molar-refractivity contribution is 5.91. The third kappa shape index (κ3) is 3.04. The van der Waals surface area contributed by atoms with Gasteiger partial charge in [0.15, 0.2) is 0 Å². The summed E-state index contributed by atoms with van der Waals surface area (Å²) in [5.41, 5.74) is 0.553. The molecule has 25 heavy (non-hydrogen) atoms. The van der Waals surface area contributed by atoms with Gasteiger partial charge in [-0.25, -0.2) is 0 Å². The zero-order valence-electron chi connectivity index (χ0n) is 14.9. The Hall–Kier alpha value is -1.59. The molecule has 1 N–H and O–H groups in total. The fraction of sp³-hybridized carbons (Fsp3) is 0.650. The fourth-order valence-electron chi connectivity index (χ4n) is 4.43. The predicted octanol–water partition coefficient (Wildman–Crippen LogP) is 2.26. The lowest BCUT2D eigenvalue weighted by Gasteiger charge is -2.45. The second-order valence-electron chi connectivity index (χ2n) is 7.78. The molecule has 1 aromatic rings. The quantitative estimate of drug-likeness (QED) is 0.913. The Kier molecular flexibility index (Phi) is 4.24. The van der Waals surface area contributed by atoms with Gasteiger partial charge in [-0.1, -0.05) is 12.1 Å². The number of hydrogen-bond acceptors (Lipinski definition) is 4. The van der Waals surface area contributed by atoms with Gasteiger partial charge in [-0.3, -0.25) is 4.79 Å². The van der Waals surface area contributed by atoms with Gasteiger partial charge in [-0.05, 0) is 49.8 Å². The first kappa shape index (κ1) is 16.9. The van der Waals surface area contributed by atoms with E-state index in [-0.39, 0.29) is 23.0 Å². The molecule has 1 saturated carbocycles. The van der Waals surface area contributed by atoms with E-state index < -0.39 is 0 Å². The van der Waals surface area contributed by atoms with Crippen LogP contribution in [0, 0.1) is 0 Å². The Morgan fingerprint density at radius 3 is 2.44 bits per heavy atom. The van der Waals surface area contributed by atoms with E-state index in [2.05, 4.69) is 0 Å². The maximum Gasteiger partial charge on any atom is 0.233 e. The third-order valence-electron chi connectivity index (χ3n) is 6.23. The van der Waals surface area contributed by atoms with Crippen LogP contribution >= 0.6 is 0 Å². The summed E-state index contributed by atoms with van der Waals surface area (Å²) in [5.74, 6) is 1.07. The minimum absolute atomic E-state index is 0.217. The van der Waals surface area contributed by atoms with Crippen molar-refractivity contribution in [2.75, 3.05) is 26.8 Å². The zero-order chi connectivity index (χ0) is 17.5. The van der Waals surface area contributed by atoms with E-state index in [4.69, 9.17) is 9.47 Å². The number of aliphatic hydroxyl groups is 1. The molecule has 5 heteroatoms. The van der Waals surface area contributed by atoms with Gasteiger partial charge in [0.1, 0.15) is 5.75 Å². The van der Waals surface area contributed by atoms with E-state index >= 15 is 0 Å². The number of piperidine rings is 1. The minimum atomic E-state index is -0.330. The molecule has 136 valence electrons. The van der Waals surface area contributed by atoms with E-state index in [1.807, 2.05) is 29.2 Å². The number of aliphatic hydroxyl groups excluding tert-OH is 1. The van der Waals surface area contributed by atoms with Gasteiger partial charge in [0.25, 0.3) is 0 Å². The lowest BCUT2D eigenvalue weighted by Crippen LogP contribution is -2.53. The predicted molar refractivity (Wildman–Crippen MR) is 93.6 cm³/mol. The van der Waals surface area contributed by atoms with Crippen LogP contribution in [0.25, 0.3) is 0 Å². The molecule has 5 nitrogen and oxygen atoms in total. The van der Waals surface area contributed by atoms with E-state index in [0.29, 0.717) is 13.0 Å². The van der Waals surface area contributed by atoms with Gasteiger partial charge in [0.05, 0.1) is 24.2 Å². The number of carbonyl (C=O) groups excluding carboxylic acids is 1. The molecule has 1 aliphatic carbocycles. The maximum absolute atomic E-state index is 13.2. The van der Waals surface area contributed by atoms with Gasteiger partial charge < -0.3 is 19.5 Å². The standard InChI is InChI=1S/C20H27NO4/c1-24-17-4-2-15(3-5-17)20(7-8-20)18(23)21-11-9-19(10-12-21)14-16(22)6-13-25-19/h2-5,16,22H,6-14H2,1H3. The summed E-state index contributed by atoms with van der Waals surface area (Å²) in [6, 6.07) is 7.92. The van der Waals surface area contributed by atoms with Crippen LogP contribution in [0.2, 0.25) is 0 Å². The first-order valence-corrected chi connectivity index (χ1v) is 9.33. The third-order valence-corrected chi connectivity index (χ3v) is 6.23. The lowest BCUT2D eigenvalue weighted by molar-refractivity contribution is -0.155. The average Bonchev–Trinajstić information content (AvgIpc) is 3.44. The number of benzene rings is 1. The molecular weight excluding hydrogens is 318 g/mol. The Labute approximate surface area is 148 Å².